The lowest BCUT2D eigenvalue weighted by atomic mass is 9.79. The number of phenols is 1. The van der Waals surface area contributed by atoms with Gasteiger partial charge in [-0.05, 0) is 34.4 Å². The van der Waals surface area contributed by atoms with Crippen LogP contribution in [0.2, 0.25) is 0 Å². The fourth-order valence-corrected chi connectivity index (χ4v) is 3.16. The van der Waals surface area contributed by atoms with Crippen LogP contribution in [-0.4, -0.2) is 16.3 Å². The van der Waals surface area contributed by atoms with Gasteiger partial charge in [0.05, 0.1) is 6.10 Å². The van der Waals surface area contributed by atoms with Gasteiger partial charge < -0.3 is 15.5 Å². The van der Waals surface area contributed by atoms with Crippen molar-refractivity contribution < 1.29 is 10.2 Å². The van der Waals surface area contributed by atoms with Crippen molar-refractivity contribution in [1.29, 1.82) is 0 Å². The van der Waals surface area contributed by atoms with Gasteiger partial charge in [-0.2, -0.15) is 0 Å². The summed E-state index contributed by atoms with van der Waals surface area (Å²) in [4.78, 5) is 0. The molecule has 0 amide bonds. The van der Waals surface area contributed by atoms with Gasteiger partial charge in [-0.25, -0.2) is 0 Å². The Hall–Kier alpha value is -1.84. The van der Waals surface area contributed by atoms with Crippen LogP contribution >= 0.6 is 0 Å². The molecular formula is C24H35NO2. The number of aliphatic hydroxyl groups excluding tert-OH is 1. The summed E-state index contributed by atoms with van der Waals surface area (Å²) >= 11 is 0. The summed E-state index contributed by atoms with van der Waals surface area (Å²) in [5, 5.41) is 24.8. The zero-order valence-corrected chi connectivity index (χ0v) is 17.8. The topological polar surface area (TPSA) is 52.5 Å². The molecule has 2 atom stereocenters. The fourth-order valence-electron chi connectivity index (χ4n) is 3.16. The predicted octanol–water partition coefficient (Wildman–Crippen LogP) is 5.20. The van der Waals surface area contributed by atoms with Crippen LogP contribution in [0.1, 0.15) is 76.8 Å². The van der Waals surface area contributed by atoms with E-state index in [1.54, 1.807) is 0 Å². The molecule has 3 heteroatoms. The molecule has 0 aromatic heterocycles. The quantitative estimate of drug-likeness (QED) is 0.679. The molecule has 0 radical (unpaired) electrons. The number of nitrogens with one attached hydrogen (secondary N) is 1. The molecule has 0 aliphatic carbocycles. The minimum absolute atomic E-state index is 0.00236. The summed E-state index contributed by atoms with van der Waals surface area (Å²) in [6.07, 6.45) is -0.596. The molecule has 3 N–H and O–H groups in total. The highest BCUT2D eigenvalue weighted by atomic mass is 16.3. The second kappa shape index (κ2) is 8.04. The summed E-state index contributed by atoms with van der Waals surface area (Å²) in [6.45, 7) is 15.4. The summed E-state index contributed by atoms with van der Waals surface area (Å²) in [6, 6.07) is 13.7. The van der Waals surface area contributed by atoms with E-state index in [1.165, 1.54) is 5.56 Å². The Balaban J connectivity index is 2.27. The molecule has 0 heterocycles. The second-order valence-electron chi connectivity index (χ2n) is 9.56. The maximum atomic E-state index is 10.9. The molecule has 0 unspecified atom stereocenters. The number of aromatic hydroxyl groups is 1. The Kier molecular flexibility index (Phi) is 6.39. The van der Waals surface area contributed by atoms with E-state index in [4.69, 9.17) is 0 Å². The lowest BCUT2D eigenvalue weighted by Crippen LogP contribution is -2.32. The maximum Gasteiger partial charge on any atom is 0.123 e. The minimum atomic E-state index is -0.596. The Morgan fingerprint density at radius 2 is 1.52 bits per heavy atom. The van der Waals surface area contributed by atoms with Crippen LogP contribution in [0.15, 0.2) is 42.5 Å². The van der Waals surface area contributed by atoms with Gasteiger partial charge in [-0.3, -0.25) is 0 Å². The standard InChI is InChI=1S/C24H35NO2/c1-16(21(26)17-11-9-8-10-12-17)25-15-18-13-19(23(2,3)4)14-20(22(18)27)24(5,6)7/h8-14,16,21,25-27H,15H2,1-7H3/t16-,21-/m0/s1. The largest absolute Gasteiger partial charge is 0.507 e. The van der Waals surface area contributed by atoms with Crippen LogP contribution in [-0.2, 0) is 17.4 Å². The van der Waals surface area contributed by atoms with Crippen LogP contribution in [0, 0.1) is 0 Å². The van der Waals surface area contributed by atoms with E-state index in [0.29, 0.717) is 12.3 Å². The molecule has 0 saturated carbocycles. The van der Waals surface area contributed by atoms with E-state index in [2.05, 4.69) is 59.0 Å². The Morgan fingerprint density at radius 1 is 0.926 bits per heavy atom. The first kappa shape index (κ1) is 21.5. The van der Waals surface area contributed by atoms with E-state index in [0.717, 1.165) is 16.7 Å². The monoisotopic (exact) mass is 369 g/mol. The van der Waals surface area contributed by atoms with Gasteiger partial charge in [0, 0.05) is 18.2 Å². The van der Waals surface area contributed by atoms with Crippen molar-refractivity contribution in [1.82, 2.24) is 5.32 Å². The normalized spacial score (nSPS) is 14.8. The molecule has 2 rings (SSSR count). The minimum Gasteiger partial charge on any atom is -0.507 e. The van der Waals surface area contributed by atoms with Crippen molar-refractivity contribution in [2.75, 3.05) is 0 Å². The van der Waals surface area contributed by atoms with Crippen molar-refractivity contribution >= 4 is 0 Å². The second-order valence-corrected chi connectivity index (χ2v) is 9.56. The molecular weight excluding hydrogens is 334 g/mol. The van der Waals surface area contributed by atoms with E-state index in [-0.39, 0.29) is 16.9 Å². The van der Waals surface area contributed by atoms with Gasteiger partial charge in [0.25, 0.3) is 0 Å². The lowest BCUT2D eigenvalue weighted by Gasteiger charge is -2.28. The summed E-state index contributed by atoms with van der Waals surface area (Å²) < 4.78 is 0. The highest BCUT2D eigenvalue weighted by molar-refractivity contribution is 5.48. The maximum absolute atomic E-state index is 10.9. The molecule has 0 bridgehead atoms. The van der Waals surface area contributed by atoms with Gasteiger partial charge in [0.2, 0.25) is 0 Å². The van der Waals surface area contributed by atoms with E-state index < -0.39 is 6.10 Å². The number of benzene rings is 2. The third kappa shape index (κ3) is 5.33. The van der Waals surface area contributed by atoms with Crippen LogP contribution in [0.3, 0.4) is 0 Å². The number of aliphatic hydroxyl groups is 1. The van der Waals surface area contributed by atoms with Crippen LogP contribution in [0.4, 0.5) is 0 Å². The zero-order chi connectivity index (χ0) is 20.4. The molecule has 2 aromatic carbocycles. The summed E-state index contributed by atoms with van der Waals surface area (Å²) in [5.41, 5.74) is 3.79. The first-order valence-electron chi connectivity index (χ1n) is 9.74. The van der Waals surface area contributed by atoms with Gasteiger partial charge in [-0.1, -0.05) is 84.0 Å². The van der Waals surface area contributed by atoms with Crippen molar-refractivity contribution in [3.8, 4) is 5.75 Å². The summed E-state index contributed by atoms with van der Waals surface area (Å²) in [7, 11) is 0. The van der Waals surface area contributed by atoms with Crippen molar-refractivity contribution in [3.05, 3.63) is 64.7 Å². The molecule has 0 aliphatic rings. The molecule has 3 nitrogen and oxygen atoms in total. The summed E-state index contributed by atoms with van der Waals surface area (Å²) in [5.74, 6) is 0.351. The number of phenolic OH excluding ortho intramolecular Hbond substituents is 1. The Bertz CT molecular complexity index is 754. The molecule has 2 aromatic rings. The smallest absolute Gasteiger partial charge is 0.123 e. The number of hydrogen-bond acceptors (Lipinski definition) is 3. The molecule has 27 heavy (non-hydrogen) atoms. The highest BCUT2D eigenvalue weighted by Gasteiger charge is 2.25. The van der Waals surface area contributed by atoms with Crippen molar-refractivity contribution in [3.63, 3.8) is 0 Å². The van der Waals surface area contributed by atoms with Crippen molar-refractivity contribution in [2.24, 2.45) is 0 Å². The number of rotatable bonds is 5. The molecule has 148 valence electrons. The lowest BCUT2D eigenvalue weighted by molar-refractivity contribution is 0.135. The van der Waals surface area contributed by atoms with Crippen LogP contribution < -0.4 is 5.32 Å². The third-order valence-electron chi connectivity index (χ3n) is 5.09. The average Bonchev–Trinajstić information content (AvgIpc) is 2.58. The Morgan fingerprint density at radius 3 is 2.04 bits per heavy atom. The molecule has 0 fully saturated rings. The molecule has 0 saturated heterocycles. The van der Waals surface area contributed by atoms with Crippen molar-refractivity contribution in [2.45, 2.75) is 78.0 Å². The predicted molar refractivity (Wildman–Crippen MR) is 113 cm³/mol. The third-order valence-corrected chi connectivity index (χ3v) is 5.09. The molecule has 0 aliphatic heterocycles. The zero-order valence-electron chi connectivity index (χ0n) is 17.8. The average molecular weight is 370 g/mol. The molecule has 0 spiro atoms. The van der Waals surface area contributed by atoms with Crippen LogP contribution in [0.25, 0.3) is 0 Å². The van der Waals surface area contributed by atoms with Gasteiger partial charge in [0.1, 0.15) is 5.75 Å². The first-order chi connectivity index (χ1) is 12.4. The number of hydrogen-bond donors (Lipinski definition) is 3. The highest BCUT2D eigenvalue weighted by Crippen LogP contribution is 2.37. The van der Waals surface area contributed by atoms with E-state index in [9.17, 15) is 10.2 Å². The van der Waals surface area contributed by atoms with E-state index >= 15 is 0 Å². The van der Waals surface area contributed by atoms with E-state index in [1.807, 2.05) is 37.3 Å². The van der Waals surface area contributed by atoms with Gasteiger partial charge >= 0.3 is 0 Å². The van der Waals surface area contributed by atoms with Crippen LogP contribution in [0.5, 0.6) is 5.75 Å². The SMILES string of the molecule is C[C@H](NCc1cc(C(C)(C)C)cc(C(C)(C)C)c1O)[C@H](O)c1ccccc1. The first-order valence-corrected chi connectivity index (χ1v) is 9.74. The Labute approximate surface area is 164 Å². The van der Waals surface area contributed by atoms with Gasteiger partial charge in [0.15, 0.2) is 0 Å². The fraction of sp³-hybridized carbons (Fsp3) is 0.500. The van der Waals surface area contributed by atoms with Gasteiger partial charge in [-0.15, -0.1) is 0 Å².